The molecule has 41 heavy (non-hydrogen) atoms. The minimum Gasteiger partial charge on any atom is -0.444 e. The standard InChI is InChI=1S/C30H35FN6O2S2/c1-7-22-26(37(18(2)3)28-34-25(23(16-32)40-28)20-8-10-21(31)11-9-20)36-17-24(41-27(36)33-22)19-12-14-35(15-13-19)29(38)39-30(4,5)6/h8-11,17-19H,7,12-15H2,1-6H3. The summed E-state index contributed by atoms with van der Waals surface area (Å²) in [4.78, 5) is 29.0. The molecule has 1 aliphatic rings. The van der Waals surface area contributed by atoms with Crippen LogP contribution in [0.3, 0.4) is 0 Å². The number of carbonyl (C=O) groups is 1. The number of hydrogen-bond donors (Lipinski definition) is 0. The van der Waals surface area contributed by atoms with Gasteiger partial charge in [0.15, 0.2) is 10.1 Å². The highest BCUT2D eigenvalue weighted by molar-refractivity contribution is 7.17. The number of imidazole rings is 1. The first kappa shape index (κ1) is 29.0. The van der Waals surface area contributed by atoms with Gasteiger partial charge < -0.3 is 9.64 Å². The molecule has 4 aromatic rings. The van der Waals surface area contributed by atoms with Crippen LogP contribution in [-0.2, 0) is 11.2 Å². The van der Waals surface area contributed by atoms with Crippen molar-refractivity contribution in [3.8, 4) is 17.3 Å². The topological polar surface area (TPSA) is 86.8 Å². The van der Waals surface area contributed by atoms with Crippen LogP contribution in [0.25, 0.3) is 16.2 Å². The second kappa shape index (κ2) is 11.4. The molecule has 1 aromatic carbocycles. The quantitative estimate of drug-likeness (QED) is 0.227. The molecule has 0 N–H and O–H groups in total. The fourth-order valence-electron chi connectivity index (χ4n) is 5.10. The molecule has 1 aliphatic heterocycles. The van der Waals surface area contributed by atoms with Gasteiger partial charge in [-0.25, -0.2) is 19.2 Å². The summed E-state index contributed by atoms with van der Waals surface area (Å²) >= 11 is 3.03. The van der Waals surface area contributed by atoms with Gasteiger partial charge in [0.1, 0.15) is 33.9 Å². The highest BCUT2D eigenvalue weighted by atomic mass is 32.1. The Morgan fingerprint density at radius 3 is 2.46 bits per heavy atom. The molecule has 0 aliphatic carbocycles. The van der Waals surface area contributed by atoms with E-state index in [9.17, 15) is 14.4 Å². The minimum atomic E-state index is -0.506. The van der Waals surface area contributed by atoms with Crippen molar-refractivity contribution < 1.29 is 13.9 Å². The molecule has 8 nitrogen and oxygen atoms in total. The lowest BCUT2D eigenvalue weighted by molar-refractivity contribution is 0.0205. The second-order valence-electron chi connectivity index (χ2n) is 11.5. The fourth-order valence-corrected chi connectivity index (χ4v) is 7.28. The van der Waals surface area contributed by atoms with E-state index >= 15 is 0 Å². The number of nitrogens with zero attached hydrogens (tertiary/aromatic N) is 6. The molecular weight excluding hydrogens is 560 g/mol. The summed E-state index contributed by atoms with van der Waals surface area (Å²) in [6.45, 7) is 13.3. The molecule has 4 heterocycles. The molecular formula is C30H35FN6O2S2. The predicted molar refractivity (Wildman–Crippen MR) is 162 cm³/mol. The van der Waals surface area contributed by atoms with Crippen LogP contribution in [0.2, 0.25) is 0 Å². The number of carbonyl (C=O) groups excluding carboxylic acids is 1. The van der Waals surface area contributed by atoms with Gasteiger partial charge in [0.05, 0.1) is 5.69 Å². The number of benzene rings is 1. The highest BCUT2D eigenvalue weighted by Gasteiger charge is 2.31. The van der Waals surface area contributed by atoms with Crippen LogP contribution < -0.4 is 4.90 Å². The summed E-state index contributed by atoms with van der Waals surface area (Å²) in [6, 6.07) is 8.41. The van der Waals surface area contributed by atoms with E-state index < -0.39 is 5.60 Å². The normalized spacial score (nSPS) is 14.6. The molecule has 0 unspecified atom stereocenters. The summed E-state index contributed by atoms with van der Waals surface area (Å²) < 4.78 is 21.3. The third-order valence-electron chi connectivity index (χ3n) is 7.06. The van der Waals surface area contributed by atoms with Gasteiger partial charge in [0.2, 0.25) is 0 Å². The zero-order valence-electron chi connectivity index (χ0n) is 24.3. The van der Waals surface area contributed by atoms with Gasteiger partial charge in [-0.2, -0.15) is 5.26 Å². The van der Waals surface area contributed by atoms with Crippen LogP contribution in [0, 0.1) is 17.1 Å². The SMILES string of the molecule is CCc1nc2sc(C3CCN(C(=O)OC(C)(C)C)CC3)cn2c1N(c1nc(-c2ccc(F)cc2)c(C#N)s1)C(C)C. The summed E-state index contributed by atoms with van der Waals surface area (Å²) in [5.41, 5.74) is 1.72. The number of amides is 1. The summed E-state index contributed by atoms with van der Waals surface area (Å²) in [6.07, 6.45) is 4.42. The van der Waals surface area contributed by atoms with E-state index in [-0.39, 0.29) is 18.0 Å². The number of aryl methyl sites for hydroxylation is 1. The van der Waals surface area contributed by atoms with Crippen LogP contribution in [0.1, 0.15) is 75.8 Å². The molecule has 0 bridgehead atoms. The van der Waals surface area contributed by atoms with Gasteiger partial charge in [-0.1, -0.05) is 18.3 Å². The Morgan fingerprint density at radius 2 is 1.88 bits per heavy atom. The number of fused-ring (bicyclic) bond motifs is 1. The summed E-state index contributed by atoms with van der Waals surface area (Å²) in [5, 5.41) is 10.6. The van der Waals surface area contributed by atoms with Crippen molar-refractivity contribution in [2.75, 3.05) is 18.0 Å². The number of nitriles is 1. The minimum absolute atomic E-state index is 0.0411. The summed E-state index contributed by atoms with van der Waals surface area (Å²) in [5.74, 6) is 0.959. The van der Waals surface area contributed by atoms with Crippen LogP contribution >= 0.6 is 22.7 Å². The Morgan fingerprint density at radius 1 is 1.20 bits per heavy atom. The predicted octanol–water partition coefficient (Wildman–Crippen LogP) is 7.75. The van der Waals surface area contributed by atoms with E-state index in [1.165, 1.54) is 28.3 Å². The van der Waals surface area contributed by atoms with Gasteiger partial charge in [-0.3, -0.25) is 9.30 Å². The Bertz CT molecular complexity index is 1580. The molecule has 0 spiro atoms. The van der Waals surface area contributed by atoms with Gasteiger partial charge in [0.25, 0.3) is 0 Å². The largest absolute Gasteiger partial charge is 0.444 e. The van der Waals surface area contributed by atoms with E-state index in [4.69, 9.17) is 14.7 Å². The second-order valence-corrected chi connectivity index (χ2v) is 13.5. The number of aromatic nitrogens is 3. The Hall–Kier alpha value is -3.49. The average molecular weight is 595 g/mol. The zero-order chi connectivity index (χ0) is 29.5. The molecule has 5 rings (SSSR count). The first-order valence-electron chi connectivity index (χ1n) is 13.9. The number of thiazole rings is 2. The monoisotopic (exact) mass is 594 g/mol. The first-order chi connectivity index (χ1) is 19.5. The van der Waals surface area contributed by atoms with Crippen molar-refractivity contribution >= 4 is 44.7 Å². The van der Waals surface area contributed by atoms with Gasteiger partial charge in [-0.15, -0.1) is 11.3 Å². The van der Waals surface area contributed by atoms with E-state index in [2.05, 4.69) is 42.3 Å². The maximum Gasteiger partial charge on any atom is 0.410 e. The molecule has 1 fully saturated rings. The molecule has 216 valence electrons. The number of hydrogen-bond acceptors (Lipinski definition) is 8. The van der Waals surface area contributed by atoms with Crippen molar-refractivity contribution in [1.29, 1.82) is 5.26 Å². The number of anilines is 2. The zero-order valence-corrected chi connectivity index (χ0v) is 25.9. The van der Waals surface area contributed by atoms with Crippen molar-refractivity contribution in [3.05, 3.63) is 51.7 Å². The molecule has 0 radical (unpaired) electrons. The van der Waals surface area contributed by atoms with Crippen molar-refractivity contribution in [3.63, 3.8) is 0 Å². The number of ether oxygens (including phenoxy) is 1. The third-order valence-corrected chi connectivity index (χ3v) is 9.16. The molecule has 0 saturated carbocycles. The smallest absolute Gasteiger partial charge is 0.410 e. The van der Waals surface area contributed by atoms with Crippen LogP contribution in [0.5, 0.6) is 0 Å². The average Bonchev–Trinajstić information content (AvgIpc) is 3.62. The maximum atomic E-state index is 13.6. The van der Waals surface area contributed by atoms with Crippen molar-refractivity contribution in [1.82, 2.24) is 19.3 Å². The maximum absolute atomic E-state index is 13.6. The van der Waals surface area contributed by atoms with Gasteiger partial charge in [-0.05, 0) is 84.1 Å². The van der Waals surface area contributed by atoms with Crippen LogP contribution in [0.15, 0.2) is 30.5 Å². The van der Waals surface area contributed by atoms with E-state index in [1.807, 2.05) is 20.8 Å². The fraction of sp³-hybridized carbons (Fsp3) is 0.467. The van der Waals surface area contributed by atoms with E-state index in [0.717, 1.165) is 35.7 Å². The molecule has 1 saturated heterocycles. The lowest BCUT2D eigenvalue weighted by Gasteiger charge is -2.33. The molecule has 3 aromatic heterocycles. The Kier molecular flexibility index (Phi) is 8.08. The Balaban J connectivity index is 1.46. The van der Waals surface area contributed by atoms with Crippen molar-refractivity contribution in [2.45, 2.75) is 78.4 Å². The van der Waals surface area contributed by atoms with E-state index in [1.54, 1.807) is 28.4 Å². The number of halogens is 1. The molecule has 0 atom stereocenters. The van der Waals surface area contributed by atoms with Crippen LogP contribution in [0.4, 0.5) is 20.1 Å². The number of rotatable bonds is 6. The molecule has 1 amide bonds. The number of piperidine rings is 1. The van der Waals surface area contributed by atoms with Crippen LogP contribution in [-0.4, -0.2) is 50.1 Å². The Labute approximate surface area is 248 Å². The third kappa shape index (κ3) is 5.95. The van der Waals surface area contributed by atoms with Gasteiger partial charge in [0, 0.05) is 35.8 Å². The lowest BCUT2D eigenvalue weighted by atomic mass is 9.96. The highest BCUT2D eigenvalue weighted by Crippen LogP contribution is 2.41. The van der Waals surface area contributed by atoms with Gasteiger partial charge >= 0.3 is 6.09 Å². The molecule has 11 heteroatoms. The lowest BCUT2D eigenvalue weighted by Crippen LogP contribution is -2.41. The van der Waals surface area contributed by atoms with E-state index in [0.29, 0.717) is 40.3 Å². The van der Waals surface area contributed by atoms with Crippen molar-refractivity contribution in [2.24, 2.45) is 0 Å². The number of likely N-dealkylation sites (tertiary alicyclic amines) is 1. The first-order valence-corrected chi connectivity index (χ1v) is 15.6. The summed E-state index contributed by atoms with van der Waals surface area (Å²) in [7, 11) is 0.